The minimum Gasteiger partial charge on any atom is -0.309 e. The van der Waals surface area contributed by atoms with Crippen molar-refractivity contribution in [3.63, 3.8) is 0 Å². The highest BCUT2D eigenvalue weighted by Gasteiger charge is 2.32. The zero-order valence-electron chi connectivity index (χ0n) is 12.0. The number of hydrogen-bond donors (Lipinski definition) is 0. The van der Waals surface area contributed by atoms with Gasteiger partial charge >= 0.3 is 0 Å². The zero-order chi connectivity index (χ0) is 13.8. The van der Waals surface area contributed by atoms with E-state index in [1.165, 1.54) is 19.3 Å². The Morgan fingerprint density at radius 1 is 1.42 bits per heavy atom. The monoisotopic (exact) mass is 278 g/mol. The van der Waals surface area contributed by atoms with Crippen LogP contribution < -0.4 is 0 Å². The Morgan fingerprint density at radius 2 is 2.21 bits per heavy atom. The van der Waals surface area contributed by atoms with Crippen LogP contribution in [0.2, 0.25) is 0 Å². The van der Waals surface area contributed by atoms with Gasteiger partial charge in [0.25, 0.3) is 0 Å². The minimum absolute atomic E-state index is 0.162. The molecule has 0 N–H and O–H groups in total. The van der Waals surface area contributed by atoms with Gasteiger partial charge in [0.1, 0.15) is 5.82 Å². The lowest BCUT2D eigenvalue weighted by atomic mass is 9.80. The Balaban J connectivity index is 2.06. The van der Waals surface area contributed by atoms with Gasteiger partial charge in [-0.05, 0) is 32.1 Å². The molecule has 0 amide bonds. The molecule has 0 aliphatic heterocycles. The van der Waals surface area contributed by atoms with Crippen molar-refractivity contribution >= 4 is 11.8 Å². The van der Waals surface area contributed by atoms with E-state index in [4.69, 9.17) is 0 Å². The third-order valence-electron chi connectivity index (χ3n) is 4.07. The van der Waals surface area contributed by atoms with E-state index in [2.05, 4.69) is 23.2 Å². The lowest BCUT2D eigenvalue weighted by molar-refractivity contribution is 0.306. The second-order valence-corrected chi connectivity index (χ2v) is 6.65. The molecule has 1 aliphatic rings. The van der Waals surface area contributed by atoms with Crippen molar-refractivity contribution in [1.29, 1.82) is 5.26 Å². The highest BCUT2D eigenvalue weighted by molar-refractivity contribution is 7.99. The van der Waals surface area contributed by atoms with Gasteiger partial charge in [-0.2, -0.15) is 5.26 Å². The van der Waals surface area contributed by atoms with Gasteiger partial charge in [-0.15, -0.1) is 10.2 Å². The van der Waals surface area contributed by atoms with E-state index in [1.807, 2.05) is 18.5 Å². The van der Waals surface area contributed by atoms with Crippen molar-refractivity contribution in [3.8, 4) is 6.07 Å². The van der Waals surface area contributed by atoms with Gasteiger partial charge in [-0.3, -0.25) is 0 Å². The largest absolute Gasteiger partial charge is 0.309 e. The third kappa shape index (κ3) is 3.30. The Bertz CT molecular complexity index is 463. The fourth-order valence-corrected chi connectivity index (χ4v) is 4.16. The standard InChI is InChI=1S/C14H22N4S/c1-4-5-11-6-7-12(9-15)13(8-11)19-14-17-16-10(2)18(14)3/h11-13H,4-8H2,1-3H3. The lowest BCUT2D eigenvalue weighted by Crippen LogP contribution is -2.26. The summed E-state index contributed by atoms with van der Waals surface area (Å²) in [6.45, 7) is 4.20. The number of aryl methyl sites for hydroxylation is 1. The van der Waals surface area contributed by atoms with Gasteiger partial charge in [-0.25, -0.2) is 0 Å². The molecule has 104 valence electrons. The van der Waals surface area contributed by atoms with Gasteiger partial charge in [0.05, 0.1) is 12.0 Å². The van der Waals surface area contributed by atoms with Crippen LogP contribution in [0.5, 0.6) is 0 Å². The maximum atomic E-state index is 9.32. The van der Waals surface area contributed by atoms with Crippen LogP contribution in [0.15, 0.2) is 5.16 Å². The number of nitrogens with zero attached hydrogens (tertiary/aromatic N) is 4. The molecule has 1 aromatic rings. The average molecular weight is 278 g/mol. The molecule has 19 heavy (non-hydrogen) atoms. The Labute approximate surface area is 119 Å². The summed E-state index contributed by atoms with van der Waals surface area (Å²) in [6.07, 6.45) is 5.91. The van der Waals surface area contributed by atoms with Crippen molar-refractivity contribution in [2.24, 2.45) is 18.9 Å². The number of thioether (sulfide) groups is 1. The maximum Gasteiger partial charge on any atom is 0.191 e. The first-order valence-corrected chi connectivity index (χ1v) is 7.96. The summed E-state index contributed by atoms with van der Waals surface area (Å²) in [7, 11) is 1.99. The van der Waals surface area contributed by atoms with Gasteiger partial charge in [0.2, 0.25) is 0 Å². The summed E-state index contributed by atoms with van der Waals surface area (Å²) in [5.41, 5.74) is 0. The van der Waals surface area contributed by atoms with Crippen LogP contribution in [0.25, 0.3) is 0 Å². The Kier molecular flexibility index (Phi) is 4.87. The molecule has 3 unspecified atom stereocenters. The molecule has 1 saturated carbocycles. The second kappa shape index (κ2) is 6.42. The quantitative estimate of drug-likeness (QED) is 0.847. The minimum atomic E-state index is 0.162. The van der Waals surface area contributed by atoms with Gasteiger partial charge in [0.15, 0.2) is 5.16 Å². The molecule has 3 atom stereocenters. The van der Waals surface area contributed by atoms with Crippen LogP contribution in [0.4, 0.5) is 0 Å². The number of hydrogen-bond acceptors (Lipinski definition) is 4. The van der Waals surface area contributed by atoms with E-state index in [1.54, 1.807) is 11.8 Å². The van der Waals surface area contributed by atoms with Gasteiger partial charge in [-0.1, -0.05) is 31.5 Å². The van der Waals surface area contributed by atoms with Gasteiger partial charge in [0, 0.05) is 12.3 Å². The first-order chi connectivity index (χ1) is 9.15. The summed E-state index contributed by atoms with van der Waals surface area (Å²) < 4.78 is 2.02. The molecular weight excluding hydrogens is 256 g/mol. The van der Waals surface area contributed by atoms with Crippen LogP contribution in [0.3, 0.4) is 0 Å². The van der Waals surface area contributed by atoms with E-state index < -0.39 is 0 Å². The van der Waals surface area contributed by atoms with E-state index in [0.29, 0.717) is 5.25 Å². The van der Waals surface area contributed by atoms with E-state index in [0.717, 1.165) is 29.7 Å². The third-order valence-corrected chi connectivity index (χ3v) is 5.46. The fraction of sp³-hybridized carbons (Fsp3) is 0.786. The summed E-state index contributed by atoms with van der Waals surface area (Å²) in [5.74, 6) is 1.87. The molecule has 0 aromatic carbocycles. The normalized spacial score (nSPS) is 27.2. The molecular formula is C14H22N4S. The SMILES string of the molecule is CCCC1CCC(C#N)C(Sc2nnc(C)n2C)C1. The average Bonchev–Trinajstić information content (AvgIpc) is 2.72. The maximum absolute atomic E-state index is 9.32. The first kappa shape index (κ1) is 14.4. The fourth-order valence-electron chi connectivity index (χ4n) is 2.79. The predicted molar refractivity (Wildman–Crippen MR) is 76.7 cm³/mol. The first-order valence-electron chi connectivity index (χ1n) is 7.08. The highest BCUT2D eigenvalue weighted by atomic mass is 32.2. The predicted octanol–water partition coefficient (Wildman–Crippen LogP) is 3.32. The molecule has 5 heteroatoms. The Morgan fingerprint density at radius 3 is 2.79 bits per heavy atom. The van der Waals surface area contributed by atoms with Gasteiger partial charge < -0.3 is 4.57 Å². The van der Waals surface area contributed by atoms with E-state index >= 15 is 0 Å². The molecule has 0 radical (unpaired) electrons. The molecule has 1 aliphatic carbocycles. The molecule has 0 saturated heterocycles. The van der Waals surface area contributed by atoms with Crippen LogP contribution in [-0.4, -0.2) is 20.0 Å². The van der Waals surface area contributed by atoms with Crippen LogP contribution in [0.1, 0.15) is 44.9 Å². The van der Waals surface area contributed by atoms with Crippen LogP contribution in [-0.2, 0) is 7.05 Å². The molecule has 0 spiro atoms. The van der Waals surface area contributed by atoms with Crippen molar-refractivity contribution < 1.29 is 0 Å². The summed E-state index contributed by atoms with van der Waals surface area (Å²) in [5, 5.41) is 19.0. The number of nitriles is 1. The summed E-state index contributed by atoms with van der Waals surface area (Å²) in [6, 6.07) is 2.48. The molecule has 0 bridgehead atoms. The van der Waals surface area contributed by atoms with Crippen molar-refractivity contribution in [2.75, 3.05) is 0 Å². The molecule has 1 aromatic heterocycles. The summed E-state index contributed by atoms with van der Waals surface area (Å²) >= 11 is 1.74. The van der Waals surface area contributed by atoms with Crippen LogP contribution in [0, 0.1) is 30.1 Å². The molecule has 1 fully saturated rings. The zero-order valence-corrected chi connectivity index (χ0v) is 12.8. The van der Waals surface area contributed by atoms with Crippen molar-refractivity contribution in [1.82, 2.24) is 14.8 Å². The summed E-state index contributed by atoms with van der Waals surface area (Å²) in [4.78, 5) is 0. The highest BCUT2D eigenvalue weighted by Crippen LogP contribution is 2.40. The van der Waals surface area contributed by atoms with E-state index in [-0.39, 0.29) is 5.92 Å². The van der Waals surface area contributed by atoms with Crippen molar-refractivity contribution in [3.05, 3.63) is 5.82 Å². The van der Waals surface area contributed by atoms with E-state index in [9.17, 15) is 5.26 Å². The second-order valence-electron chi connectivity index (χ2n) is 5.45. The smallest absolute Gasteiger partial charge is 0.191 e. The molecule has 1 heterocycles. The van der Waals surface area contributed by atoms with Crippen LogP contribution >= 0.6 is 11.8 Å². The van der Waals surface area contributed by atoms with Crippen molar-refractivity contribution in [2.45, 2.75) is 56.4 Å². The number of rotatable bonds is 4. The number of aromatic nitrogens is 3. The topological polar surface area (TPSA) is 54.5 Å². The lowest BCUT2D eigenvalue weighted by Gasteiger charge is -2.31. The Hall–Kier alpha value is -1.02. The molecule has 4 nitrogen and oxygen atoms in total. The molecule has 2 rings (SSSR count).